The van der Waals surface area contributed by atoms with E-state index in [1.807, 2.05) is 0 Å². The predicted molar refractivity (Wildman–Crippen MR) is 68.6 cm³/mol. The smallest absolute Gasteiger partial charge is 0.238 e. The van der Waals surface area contributed by atoms with Gasteiger partial charge in [0.15, 0.2) is 0 Å². The summed E-state index contributed by atoms with van der Waals surface area (Å²) in [6.45, 7) is 0. The number of aromatic nitrogens is 2. The van der Waals surface area contributed by atoms with Crippen LogP contribution in [0.4, 0.5) is 0 Å². The van der Waals surface area contributed by atoms with Crippen molar-refractivity contribution < 1.29 is 12.9 Å². The first-order valence-corrected chi connectivity index (χ1v) is 6.93. The van der Waals surface area contributed by atoms with Gasteiger partial charge in [0.2, 0.25) is 10.0 Å². The Balaban J connectivity index is 2.29. The monoisotopic (exact) mass is 275 g/mol. The second-order valence-corrected chi connectivity index (χ2v) is 5.53. The van der Waals surface area contributed by atoms with E-state index in [1.165, 1.54) is 18.4 Å². The van der Waals surface area contributed by atoms with Crippen LogP contribution < -0.4 is 5.14 Å². The number of hydrogen-bond acceptors (Lipinski definition) is 5. The molecule has 0 spiro atoms. The molecule has 96 valence electrons. The fourth-order valence-corrected chi connectivity index (χ4v) is 2.42. The van der Waals surface area contributed by atoms with Crippen molar-refractivity contribution >= 4 is 20.8 Å². The molecule has 0 amide bonds. The quantitative estimate of drug-likeness (QED) is 0.764. The summed E-state index contributed by atoms with van der Waals surface area (Å²) >= 11 is 0. The Bertz CT molecular complexity index is 842. The summed E-state index contributed by atoms with van der Waals surface area (Å²) in [5.41, 5.74) is 1.22. The summed E-state index contributed by atoms with van der Waals surface area (Å²) in [4.78, 5) is 4.30. The van der Waals surface area contributed by atoms with Gasteiger partial charge in [0, 0.05) is 17.6 Å². The number of sulfonamides is 1. The van der Waals surface area contributed by atoms with E-state index >= 15 is 0 Å². The molecule has 0 fully saturated rings. The lowest BCUT2D eigenvalue weighted by Crippen LogP contribution is -2.11. The molecule has 0 saturated carbocycles. The minimum absolute atomic E-state index is 0.0669. The molecule has 3 aromatic rings. The van der Waals surface area contributed by atoms with E-state index in [-0.39, 0.29) is 4.90 Å². The third-order valence-corrected chi connectivity index (χ3v) is 3.66. The van der Waals surface area contributed by atoms with Crippen LogP contribution in [0.5, 0.6) is 0 Å². The lowest BCUT2D eigenvalue weighted by Gasteiger charge is -2.04. The maximum absolute atomic E-state index is 11.3. The fraction of sp³-hybridized carbons (Fsp3) is 0. The molecule has 0 radical (unpaired) electrons. The topological polar surface area (TPSA) is 99.1 Å². The van der Waals surface area contributed by atoms with E-state index in [1.54, 1.807) is 24.4 Å². The average Bonchev–Trinajstić information content (AvgIpc) is 2.90. The van der Waals surface area contributed by atoms with Crippen LogP contribution in [-0.2, 0) is 10.0 Å². The summed E-state index contributed by atoms with van der Waals surface area (Å²) in [6.07, 6.45) is 3.04. The molecule has 0 aliphatic heterocycles. The molecule has 0 aliphatic rings. The molecule has 3 rings (SSSR count). The van der Waals surface area contributed by atoms with Crippen LogP contribution in [0.1, 0.15) is 0 Å². The first-order valence-electron chi connectivity index (χ1n) is 5.38. The number of nitrogens with two attached hydrogens (primary N) is 1. The number of hydrogen-bond donors (Lipinski definition) is 1. The molecule has 7 heteroatoms. The maximum Gasteiger partial charge on any atom is 0.238 e. The number of nitrogens with zero attached hydrogens (tertiary/aromatic N) is 2. The van der Waals surface area contributed by atoms with E-state index in [4.69, 9.17) is 9.66 Å². The third kappa shape index (κ3) is 2.09. The molecule has 0 atom stereocenters. The highest BCUT2D eigenvalue weighted by Crippen LogP contribution is 2.26. The Morgan fingerprint density at radius 3 is 2.68 bits per heavy atom. The molecule has 1 aromatic carbocycles. The maximum atomic E-state index is 11.3. The summed E-state index contributed by atoms with van der Waals surface area (Å²) in [5, 5.41) is 10.4. The molecule has 2 heterocycles. The van der Waals surface area contributed by atoms with Crippen LogP contribution in [0.2, 0.25) is 0 Å². The van der Waals surface area contributed by atoms with Gasteiger partial charge in [-0.2, -0.15) is 0 Å². The van der Waals surface area contributed by atoms with Crippen LogP contribution in [0, 0.1) is 0 Å². The Labute approximate surface area is 108 Å². The standard InChI is InChI=1S/C12H9N3O3S/c13-19(16,17)9-1-2-10-8(7-9)3-5-14-12(10)11-4-6-18-15-11/h1-7H,(H2,13,16,17). The van der Waals surface area contributed by atoms with Crippen LogP contribution in [0.3, 0.4) is 0 Å². The molecule has 0 aliphatic carbocycles. The largest absolute Gasteiger partial charge is 0.364 e. The molecular formula is C12H9N3O3S. The minimum Gasteiger partial charge on any atom is -0.364 e. The Morgan fingerprint density at radius 2 is 2.00 bits per heavy atom. The van der Waals surface area contributed by atoms with Crippen molar-refractivity contribution in [3.05, 3.63) is 42.8 Å². The first kappa shape index (κ1) is 11.8. The molecular weight excluding hydrogens is 266 g/mol. The normalized spacial score (nSPS) is 11.8. The van der Waals surface area contributed by atoms with Gasteiger partial charge in [-0.1, -0.05) is 11.2 Å². The number of benzene rings is 1. The summed E-state index contributed by atoms with van der Waals surface area (Å²) in [5.74, 6) is 0. The fourth-order valence-electron chi connectivity index (χ4n) is 1.87. The van der Waals surface area contributed by atoms with E-state index in [2.05, 4.69) is 10.1 Å². The van der Waals surface area contributed by atoms with E-state index in [9.17, 15) is 8.42 Å². The molecule has 19 heavy (non-hydrogen) atoms. The molecule has 2 aromatic heterocycles. The van der Waals surface area contributed by atoms with E-state index in [0.29, 0.717) is 11.4 Å². The van der Waals surface area contributed by atoms with Gasteiger partial charge in [-0.05, 0) is 23.6 Å². The van der Waals surface area contributed by atoms with Crippen LogP contribution in [0.25, 0.3) is 22.2 Å². The van der Waals surface area contributed by atoms with Crippen LogP contribution in [0.15, 0.2) is 52.2 Å². The van der Waals surface area contributed by atoms with E-state index in [0.717, 1.165) is 10.8 Å². The van der Waals surface area contributed by atoms with Gasteiger partial charge >= 0.3 is 0 Å². The van der Waals surface area contributed by atoms with Gasteiger partial charge in [-0.15, -0.1) is 0 Å². The van der Waals surface area contributed by atoms with Crippen molar-refractivity contribution in [2.75, 3.05) is 0 Å². The zero-order valence-corrected chi connectivity index (χ0v) is 10.5. The van der Waals surface area contributed by atoms with Crippen molar-refractivity contribution in [1.29, 1.82) is 0 Å². The molecule has 6 nitrogen and oxygen atoms in total. The van der Waals surface area contributed by atoms with Crippen LogP contribution >= 0.6 is 0 Å². The van der Waals surface area contributed by atoms with Gasteiger partial charge in [0.1, 0.15) is 12.0 Å². The first-order chi connectivity index (χ1) is 9.05. The van der Waals surface area contributed by atoms with Gasteiger partial charge in [-0.3, -0.25) is 4.98 Å². The predicted octanol–water partition coefficient (Wildman–Crippen LogP) is 1.54. The second-order valence-electron chi connectivity index (χ2n) is 3.97. The zero-order valence-electron chi connectivity index (χ0n) is 9.65. The highest BCUT2D eigenvalue weighted by Gasteiger charge is 2.12. The highest BCUT2D eigenvalue weighted by molar-refractivity contribution is 7.89. The summed E-state index contributed by atoms with van der Waals surface area (Å²) in [7, 11) is -3.72. The van der Waals surface area contributed by atoms with Crippen molar-refractivity contribution in [2.45, 2.75) is 4.90 Å². The number of primary sulfonamides is 1. The lowest BCUT2D eigenvalue weighted by molar-refractivity contribution is 0.422. The second kappa shape index (κ2) is 4.15. The highest BCUT2D eigenvalue weighted by atomic mass is 32.2. The average molecular weight is 275 g/mol. The van der Waals surface area contributed by atoms with Crippen LogP contribution in [-0.4, -0.2) is 18.6 Å². The minimum atomic E-state index is -3.72. The van der Waals surface area contributed by atoms with Crippen molar-refractivity contribution in [1.82, 2.24) is 10.1 Å². The third-order valence-electron chi connectivity index (χ3n) is 2.74. The zero-order chi connectivity index (χ0) is 13.5. The number of fused-ring (bicyclic) bond motifs is 1. The van der Waals surface area contributed by atoms with Gasteiger partial charge in [0.25, 0.3) is 0 Å². The Kier molecular flexibility index (Phi) is 2.58. The van der Waals surface area contributed by atoms with Gasteiger partial charge in [-0.25, -0.2) is 13.6 Å². The van der Waals surface area contributed by atoms with E-state index < -0.39 is 10.0 Å². The summed E-state index contributed by atoms with van der Waals surface area (Å²) in [6, 6.07) is 8.02. The Hall–Kier alpha value is -2.25. The Morgan fingerprint density at radius 1 is 1.16 bits per heavy atom. The van der Waals surface area contributed by atoms with Gasteiger partial charge < -0.3 is 4.52 Å². The molecule has 2 N–H and O–H groups in total. The van der Waals surface area contributed by atoms with Gasteiger partial charge in [0.05, 0.1) is 10.6 Å². The SMILES string of the molecule is NS(=O)(=O)c1ccc2c(-c3ccon3)nccc2c1. The molecule has 0 unspecified atom stereocenters. The molecule has 0 bridgehead atoms. The van der Waals surface area contributed by atoms with Crippen molar-refractivity contribution in [2.24, 2.45) is 5.14 Å². The molecule has 0 saturated heterocycles. The lowest BCUT2D eigenvalue weighted by atomic mass is 10.1. The van der Waals surface area contributed by atoms with Crippen molar-refractivity contribution in [3.63, 3.8) is 0 Å². The van der Waals surface area contributed by atoms with Crippen molar-refractivity contribution in [3.8, 4) is 11.4 Å². The summed E-state index contributed by atoms with van der Waals surface area (Å²) < 4.78 is 27.4. The number of rotatable bonds is 2. The number of pyridine rings is 1.